The number of nitrogens with zero attached hydrogens (tertiary/aromatic N) is 2. The van der Waals surface area contributed by atoms with Crippen molar-refractivity contribution in [1.29, 1.82) is 0 Å². The molecular formula is C18H22FN5O. The number of anilines is 2. The quantitative estimate of drug-likeness (QED) is 0.734. The van der Waals surface area contributed by atoms with Gasteiger partial charge in [0, 0.05) is 30.3 Å². The zero-order valence-corrected chi connectivity index (χ0v) is 14.2. The van der Waals surface area contributed by atoms with E-state index in [4.69, 9.17) is 11.5 Å². The van der Waals surface area contributed by atoms with E-state index in [1.165, 1.54) is 16.8 Å². The highest BCUT2D eigenvalue weighted by Gasteiger charge is 2.42. The molecule has 25 heavy (non-hydrogen) atoms. The monoisotopic (exact) mass is 343 g/mol. The zero-order valence-electron chi connectivity index (χ0n) is 14.2. The molecule has 2 unspecified atom stereocenters. The maximum atomic E-state index is 13.8. The van der Waals surface area contributed by atoms with Crippen LogP contribution in [-0.2, 0) is 18.3 Å². The average Bonchev–Trinajstić information content (AvgIpc) is 2.91. The van der Waals surface area contributed by atoms with Gasteiger partial charge in [0.2, 0.25) is 0 Å². The number of carbonyl (C=O) groups excluding carboxylic acids is 1. The lowest BCUT2D eigenvalue weighted by Crippen LogP contribution is -2.42. The van der Waals surface area contributed by atoms with Crippen molar-refractivity contribution in [2.45, 2.75) is 44.1 Å². The number of nitrogen functional groups attached to an aromatic ring is 1. The summed E-state index contributed by atoms with van der Waals surface area (Å²) < 4.78 is 15.1. The molecule has 2 aromatic rings. The number of aromatic nitrogens is 2. The van der Waals surface area contributed by atoms with Gasteiger partial charge in [0.15, 0.2) is 0 Å². The topological polar surface area (TPSA) is 99.0 Å². The minimum Gasteiger partial charge on any atom is -0.385 e. The third kappa shape index (κ3) is 2.41. The maximum absolute atomic E-state index is 13.8. The van der Waals surface area contributed by atoms with Crippen LogP contribution in [-0.4, -0.2) is 28.3 Å². The van der Waals surface area contributed by atoms with Crippen LogP contribution in [0.25, 0.3) is 0 Å². The summed E-state index contributed by atoms with van der Waals surface area (Å²) in [7, 11) is 0. The summed E-state index contributed by atoms with van der Waals surface area (Å²) in [4.78, 5) is 13.4. The highest BCUT2D eigenvalue weighted by molar-refractivity contribution is 5.93. The molecule has 5 N–H and O–H groups in total. The molecule has 4 rings (SSSR count). The van der Waals surface area contributed by atoms with Gasteiger partial charge in [-0.3, -0.25) is 4.79 Å². The lowest BCUT2D eigenvalue weighted by Gasteiger charge is -2.35. The number of hydrogen-bond acceptors (Lipinski definition) is 5. The molecule has 0 saturated carbocycles. The zero-order chi connectivity index (χ0) is 17.8. The Morgan fingerprint density at radius 1 is 1.48 bits per heavy atom. The number of nitrogens with one attached hydrogen (secondary N) is 1. The van der Waals surface area contributed by atoms with Crippen LogP contribution in [0.2, 0.25) is 0 Å². The SMILES string of the molecule is CC1(C(=O)n2nc3c(c2N)CCC(N)C3)CCNc2ccc(F)cc21. The van der Waals surface area contributed by atoms with Gasteiger partial charge in [-0.25, -0.2) is 4.39 Å². The number of rotatable bonds is 1. The summed E-state index contributed by atoms with van der Waals surface area (Å²) in [6.45, 7) is 2.47. The van der Waals surface area contributed by atoms with Crippen molar-refractivity contribution in [2.75, 3.05) is 17.6 Å². The predicted molar refractivity (Wildman–Crippen MR) is 94.1 cm³/mol. The third-order valence-corrected chi connectivity index (χ3v) is 5.51. The molecule has 2 aliphatic rings. The first kappa shape index (κ1) is 16.1. The van der Waals surface area contributed by atoms with E-state index in [0.29, 0.717) is 30.8 Å². The Labute approximate surface area is 145 Å². The van der Waals surface area contributed by atoms with E-state index < -0.39 is 5.41 Å². The minimum atomic E-state index is -0.881. The van der Waals surface area contributed by atoms with E-state index in [9.17, 15) is 9.18 Å². The van der Waals surface area contributed by atoms with Gasteiger partial charge in [0.1, 0.15) is 11.6 Å². The van der Waals surface area contributed by atoms with Gasteiger partial charge in [0.25, 0.3) is 5.91 Å². The smallest absolute Gasteiger partial charge is 0.259 e. The predicted octanol–water partition coefficient (Wildman–Crippen LogP) is 1.83. The molecule has 1 aliphatic heterocycles. The van der Waals surface area contributed by atoms with Crippen molar-refractivity contribution in [3.8, 4) is 0 Å². The molecule has 6 nitrogen and oxygen atoms in total. The van der Waals surface area contributed by atoms with Gasteiger partial charge in [-0.2, -0.15) is 9.78 Å². The van der Waals surface area contributed by atoms with E-state index in [2.05, 4.69) is 10.4 Å². The van der Waals surface area contributed by atoms with Crippen molar-refractivity contribution in [2.24, 2.45) is 5.73 Å². The Kier molecular flexibility index (Phi) is 3.57. The summed E-state index contributed by atoms with van der Waals surface area (Å²) in [5.41, 5.74) is 14.5. The normalized spacial score (nSPS) is 25.0. The molecule has 2 heterocycles. The highest BCUT2D eigenvalue weighted by Crippen LogP contribution is 2.39. The highest BCUT2D eigenvalue weighted by atomic mass is 19.1. The second-order valence-corrected chi connectivity index (χ2v) is 7.23. The van der Waals surface area contributed by atoms with Crippen LogP contribution in [0, 0.1) is 5.82 Å². The fraction of sp³-hybridized carbons (Fsp3) is 0.444. The standard InChI is InChI=1S/C18H22FN5O/c1-18(6-7-22-14-5-2-10(19)8-13(14)18)17(25)24-16(21)12-4-3-11(20)9-15(12)23-24/h2,5,8,11,22H,3-4,6-7,9,20-21H2,1H3. The molecule has 132 valence electrons. The second kappa shape index (κ2) is 5.56. The lowest BCUT2D eigenvalue weighted by atomic mass is 9.75. The fourth-order valence-electron chi connectivity index (χ4n) is 3.95. The van der Waals surface area contributed by atoms with Gasteiger partial charge in [-0.15, -0.1) is 0 Å². The lowest BCUT2D eigenvalue weighted by molar-refractivity contribution is 0.0785. The van der Waals surface area contributed by atoms with Crippen LogP contribution in [0.4, 0.5) is 15.9 Å². The van der Waals surface area contributed by atoms with Gasteiger partial charge in [0.05, 0.1) is 11.1 Å². The van der Waals surface area contributed by atoms with Crippen LogP contribution in [0.1, 0.15) is 41.4 Å². The molecule has 7 heteroatoms. The second-order valence-electron chi connectivity index (χ2n) is 7.23. The van der Waals surface area contributed by atoms with Gasteiger partial charge >= 0.3 is 0 Å². The van der Waals surface area contributed by atoms with E-state index in [0.717, 1.165) is 29.8 Å². The molecule has 0 radical (unpaired) electrons. The van der Waals surface area contributed by atoms with Crippen LogP contribution in [0.3, 0.4) is 0 Å². The van der Waals surface area contributed by atoms with Crippen molar-refractivity contribution >= 4 is 17.4 Å². The number of nitrogens with two attached hydrogens (primary N) is 2. The average molecular weight is 343 g/mol. The summed E-state index contributed by atoms with van der Waals surface area (Å²) >= 11 is 0. The summed E-state index contributed by atoms with van der Waals surface area (Å²) in [6.07, 6.45) is 2.75. The first-order chi connectivity index (χ1) is 11.9. The van der Waals surface area contributed by atoms with Crippen LogP contribution in [0.15, 0.2) is 18.2 Å². The van der Waals surface area contributed by atoms with Gasteiger partial charge in [-0.1, -0.05) is 0 Å². The molecule has 1 aromatic heterocycles. The molecule has 0 fully saturated rings. The fourth-order valence-corrected chi connectivity index (χ4v) is 3.95. The van der Waals surface area contributed by atoms with Crippen molar-refractivity contribution in [3.05, 3.63) is 40.8 Å². The molecule has 1 aliphatic carbocycles. The number of halogens is 1. The van der Waals surface area contributed by atoms with E-state index in [-0.39, 0.29) is 17.8 Å². The van der Waals surface area contributed by atoms with Crippen molar-refractivity contribution in [1.82, 2.24) is 9.78 Å². The Bertz CT molecular complexity index is 861. The molecule has 0 saturated heterocycles. The molecule has 2 atom stereocenters. The number of hydrogen-bond donors (Lipinski definition) is 3. The van der Waals surface area contributed by atoms with E-state index >= 15 is 0 Å². The number of fused-ring (bicyclic) bond motifs is 2. The number of benzene rings is 1. The molecule has 0 spiro atoms. The Hall–Kier alpha value is -2.41. The Balaban J connectivity index is 1.79. The van der Waals surface area contributed by atoms with Gasteiger partial charge < -0.3 is 16.8 Å². The summed E-state index contributed by atoms with van der Waals surface area (Å²) in [5.74, 6) is -0.189. The van der Waals surface area contributed by atoms with E-state index in [1.54, 1.807) is 6.07 Å². The first-order valence-electron chi connectivity index (χ1n) is 8.60. The van der Waals surface area contributed by atoms with Crippen molar-refractivity contribution < 1.29 is 9.18 Å². The summed E-state index contributed by atoms with van der Waals surface area (Å²) in [5, 5.41) is 7.69. The van der Waals surface area contributed by atoms with Gasteiger partial charge in [-0.05, 0) is 49.9 Å². The molecular weight excluding hydrogens is 321 g/mol. The first-order valence-corrected chi connectivity index (χ1v) is 8.60. The van der Waals surface area contributed by atoms with E-state index in [1.807, 2.05) is 6.92 Å². The van der Waals surface area contributed by atoms with Crippen LogP contribution < -0.4 is 16.8 Å². The van der Waals surface area contributed by atoms with Crippen LogP contribution >= 0.6 is 0 Å². The Morgan fingerprint density at radius 3 is 3.08 bits per heavy atom. The minimum absolute atomic E-state index is 0.0506. The van der Waals surface area contributed by atoms with Crippen molar-refractivity contribution in [3.63, 3.8) is 0 Å². The molecule has 1 aromatic carbocycles. The largest absolute Gasteiger partial charge is 0.385 e. The summed E-state index contributed by atoms with van der Waals surface area (Å²) in [6, 6.07) is 4.54. The number of carbonyl (C=O) groups is 1. The third-order valence-electron chi connectivity index (χ3n) is 5.51. The Morgan fingerprint density at radius 2 is 2.28 bits per heavy atom. The maximum Gasteiger partial charge on any atom is 0.259 e. The molecule has 0 bridgehead atoms. The van der Waals surface area contributed by atoms with Crippen LogP contribution in [0.5, 0.6) is 0 Å². The molecule has 0 amide bonds.